The van der Waals surface area contributed by atoms with Crippen LogP contribution in [0.5, 0.6) is 0 Å². The largest absolute Gasteiger partial charge is 0.389 e. The first kappa shape index (κ1) is 13.9. The molecule has 4 heteroatoms. The standard InChI is InChI=1S/C13H20FNO2/c1-2-3-7-17-10-13(16)9-15-12-6-4-5-11(14)8-12/h4-6,8,13,15-16H,2-3,7,9-10H2,1H3. The molecule has 0 radical (unpaired) electrons. The molecule has 0 saturated heterocycles. The zero-order chi connectivity index (χ0) is 12.5. The number of hydrogen-bond acceptors (Lipinski definition) is 3. The van der Waals surface area contributed by atoms with Gasteiger partial charge in [0.05, 0.1) is 12.7 Å². The topological polar surface area (TPSA) is 41.5 Å². The number of rotatable bonds is 8. The fourth-order valence-corrected chi connectivity index (χ4v) is 1.36. The van der Waals surface area contributed by atoms with Gasteiger partial charge in [0.25, 0.3) is 0 Å². The van der Waals surface area contributed by atoms with Crippen molar-refractivity contribution >= 4 is 5.69 Å². The van der Waals surface area contributed by atoms with Gasteiger partial charge >= 0.3 is 0 Å². The van der Waals surface area contributed by atoms with E-state index in [-0.39, 0.29) is 5.82 Å². The molecule has 3 nitrogen and oxygen atoms in total. The lowest BCUT2D eigenvalue weighted by Crippen LogP contribution is -2.25. The van der Waals surface area contributed by atoms with E-state index in [1.165, 1.54) is 12.1 Å². The van der Waals surface area contributed by atoms with Gasteiger partial charge in [-0.1, -0.05) is 19.4 Å². The van der Waals surface area contributed by atoms with Crippen LogP contribution in [0.25, 0.3) is 0 Å². The van der Waals surface area contributed by atoms with E-state index in [0.29, 0.717) is 25.4 Å². The molecule has 96 valence electrons. The molecule has 17 heavy (non-hydrogen) atoms. The lowest BCUT2D eigenvalue weighted by atomic mass is 10.3. The minimum atomic E-state index is -0.574. The Bertz CT molecular complexity index is 320. The number of unbranched alkanes of at least 4 members (excludes halogenated alkanes) is 1. The molecule has 1 unspecified atom stereocenters. The monoisotopic (exact) mass is 241 g/mol. The van der Waals surface area contributed by atoms with E-state index in [1.807, 2.05) is 0 Å². The van der Waals surface area contributed by atoms with Gasteiger partial charge in [0.15, 0.2) is 0 Å². The minimum Gasteiger partial charge on any atom is -0.389 e. The van der Waals surface area contributed by atoms with Crippen LogP contribution in [0.15, 0.2) is 24.3 Å². The third kappa shape index (κ3) is 6.24. The summed E-state index contributed by atoms with van der Waals surface area (Å²) in [5, 5.41) is 12.6. The van der Waals surface area contributed by atoms with Crippen molar-refractivity contribution in [2.24, 2.45) is 0 Å². The molecule has 0 amide bonds. The summed E-state index contributed by atoms with van der Waals surface area (Å²) in [6.07, 6.45) is 1.51. The fraction of sp³-hybridized carbons (Fsp3) is 0.538. The van der Waals surface area contributed by atoms with E-state index < -0.39 is 6.10 Å². The highest BCUT2D eigenvalue weighted by Gasteiger charge is 2.04. The van der Waals surface area contributed by atoms with Gasteiger partial charge in [0.2, 0.25) is 0 Å². The van der Waals surface area contributed by atoms with Crippen molar-refractivity contribution in [1.82, 2.24) is 0 Å². The van der Waals surface area contributed by atoms with Gasteiger partial charge in [-0.05, 0) is 24.6 Å². The average Bonchev–Trinajstić information content (AvgIpc) is 2.32. The molecule has 1 atom stereocenters. The van der Waals surface area contributed by atoms with Gasteiger partial charge in [-0.15, -0.1) is 0 Å². The van der Waals surface area contributed by atoms with Crippen LogP contribution in [0.3, 0.4) is 0 Å². The molecule has 2 N–H and O–H groups in total. The third-order valence-electron chi connectivity index (χ3n) is 2.32. The molecule has 1 aromatic rings. The predicted molar refractivity (Wildman–Crippen MR) is 66.6 cm³/mol. The van der Waals surface area contributed by atoms with Crippen molar-refractivity contribution in [1.29, 1.82) is 0 Å². The number of hydrogen-bond donors (Lipinski definition) is 2. The van der Waals surface area contributed by atoms with Gasteiger partial charge in [-0.2, -0.15) is 0 Å². The second kappa shape index (κ2) is 8.03. The van der Waals surface area contributed by atoms with Gasteiger partial charge in [-0.25, -0.2) is 4.39 Å². The van der Waals surface area contributed by atoms with Gasteiger partial charge in [0.1, 0.15) is 5.82 Å². The third-order valence-corrected chi connectivity index (χ3v) is 2.32. The van der Waals surface area contributed by atoms with Gasteiger partial charge in [-0.3, -0.25) is 0 Å². The second-order valence-electron chi connectivity index (χ2n) is 3.97. The number of benzene rings is 1. The van der Waals surface area contributed by atoms with Crippen LogP contribution in [-0.2, 0) is 4.74 Å². The first-order valence-corrected chi connectivity index (χ1v) is 5.97. The zero-order valence-corrected chi connectivity index (χ0v) is 10.2. The Kier molecular flexibility index (Phi) is 6.58. The summed E-state index contributed by atoms with van der Waals surface area (Å²) in [5.74, 6) is -0.288. The molecule has 0 saturated carbocycles. The lowest BCUT2D eigenvalue weighted by molar-refractivity contribution is 0.0422. The van der Waals surface area contributed by atoms with E-state index in [2.05, 4.69) is 12.2 Å². The Morgan fingerprint density at radius 3 is 3.00 bits per heavy atom. The second-order valence-corrected chi connectivity index (χ2v) is 3.97. The van der Waals surface area contributed by atoms with Crippen molar-refractivity contribution in [2.75, 3.05) is 25.1 Å². The quantitative estimate of drug-likeness (QED) is 0.687. The normalized spacial score (nSPS) is 12.4. The van der Waals surface area contributed by atoms with Crippen LogP contribution in [0.4, 0.5) is 10.1 Å². The van der Waals surface area contributed by atoms with Crippen LogP contribution in [0, 0.1) is 5.82 Å². The number of halogens is 1. The molecule has 0 aliphatic heterocycles. The number of ether oxygens (including phenoxy) is 1. The van der Waals surface area contributed by atoms with Crippen molar-refractivity contribution < 1.29 is 14.2 Å². The molecule has 0 fully saturated rings. The number of aliphatic hydroxyl groups excluding tert-OH is 1. The number of nitrogens with one attached hydrogen (secondary N) is 1. The van der Waals surface area contributed by atoms with Crippen molar-refractivity contribution in [3.05, 3.63) is 30.1 Å². The molecule has 1 aromatic carbocycles. The van der Waals surface area contributed by atoms with Crippen LogP contribution < -0.4 is 5.32 Å². The molecule has 0 heterocycles. The van der Waals surface area contributed by atoms with E-state index in [4.69, 9.17) is 4.74 Å². The van der Waals surface area contributed by atoms with E-state index in [0.717, 1.165) is 12.8 Å². The highest BCUT2D eigenvalue weighted by atomic mass is 19.1. The van der Waals surface area contributed by atoms with Crippen LogP contribution in [0.2, 0.25) is 0 Å². The highest BCUT2D eigenvalue weighted by Crippen LogP contribution is 2.08. The Hall–Kier alpha value is -1.13. The van der Waals surface area contributed by atoms with Crippen molar-refractivity contribution in [2.45, 2.75) is 25.9 Å². The van der Waals surface area contributed by atoms with E-state index in [1.54, 1.807) is 12.1 Å². The van der Waals surface area contributed by atoms with E-state index >= 15 is 0 Å². The van der Waals surface area contributed by atoms with Crippen LogP contribution >= 0.6 is 0 Å². The molecule has 0 aromatic heterocycles. The molecule has 1 rings (SSSR count). The molecule has 0 aliphatic rings. The summed E-state index contributed by atoms with van der Waals surface area (Å²) in [5.41, 5.74) is 0.664. The van der Waals surface area contributed by atoms with Crippen molar-refractivity contribution in [3.8, 4) is 0 Å². The summed E-state index contributed by atoms with van der Waals surface area (Å²) in [7, 11) is 0. The SMILES string of the molecule is CCCCOCC(O)CNc1cccc(F)c1. The Morgan fingerprint density at radius 2 is 2.29 bits per heavy atom. The van der Waals surface area contributed by atoms with Gasteiger partial charge in [0, 0.05) is 18.8 Å². The predicted octanol–water partition coefficient (Wildman–Crippen LogP) is 2.42. The first-order valence-electron chi connectivity index (χ1n) is 5.97. The Balaban J connectivity index is 2.17. The smallest absolute Gasteiger partial charge is 0.125 e. The fourth-order valence-electron chi connectivity index (χ4n) is 1.36. The summed E-state index contributed by atoms with van der Waals surface area (Å²) in [6.45, 7) is 3.43. The van der Waals surface area contributed by atoms with Crippen LogP contribution in [-0.4, -0.2) is 31.0 Å². The average molecular weight is 241 g/mol. The number of aliphatic hydroxyl groups is 1. The summed E-state index contributed by atoms with van der Waals surface area (Å²) in [4.78, 5) is 0. The molecule has 0 aliphatic carbocycles. The maximum atomic E-state index is 12.9. The first-order chi connectivity index (χ1) is 8.22. The lowest BCUT2D eigenvalue weighted by Gasteiger charge is -2.13. The molecule has 0 spiro atoms. The maximum Gasteiger partial charge on any atom is 0.125 e. The Morgan fingerprint density at radius 1 is 1.47 bits per heavy atom. The zero-order valence-electron chi connectivity index (χ0n) is 10.2. The van der Waals surface area contributed by atoms with E-state index in [9.17, 15) is 9.50 Å². The summed E-state index contributed by atoms with van der Waals surface area (Å²) in [6, 6.07) is 6.16. The van der Waals surface area contributed by atoms with Crippen LogP contribution in [0.1, 0.15) is 19.8 Å². The van der Waals surface area contributed by atoms with Crippen molar-refractivity contribution in [3.63, 3.8) is 0 Å². The summed E-state index contributed by atoms with van der Waals surface area (Å²) < 4.78 is 18.1. The molecular formula is C13H20FNO2. The molecule has 0 bridgehead atoms. The van der Waals surface area contributed by atoms with Gasteiger partial charge < -0.3 is 15.2 Å². The molecular weight excluding hydrogens is 221 g/mol. The number of anilines is 1. The highest BCUT2D eigenvalue weighted by molar-refractivity contribution is 5.43. The summed E-state index contributed by atoms with van der Waals surface area (Å²) >= 11 is 0. The minimum absolute atomic E-state index is 0.288. The Labute approximate surface area is 102 Å². The maximum absolute atomic E-state index is 12.9.